The van der Waals surface area contributed by atoms with E-state index < -0.39 is 0 Å². The van der Waals surface area contributed by atoms with Crippen molar-refractivity contribution in [2.75, 3.05) is 20.8 Å². The lowest BCUT2D eigenvalue weighted by molar-refractivity contribution is 0.00543. The molecule has 0 aliphatic carbocycles. The molecule has 0 spiro atoms. The Labute approximate surface area is 114 Å². The average Bonchev–Trinajstić information content (AvgIpc) is 2.38. The Morgan fingerprint density at radius 2 is 2.00 bits per heavy atom. The molecule has 0 fully saturated rings. The lowest BCUT2D eigenvalue weighted by atomic mass is 10.1. The van der Waals surface area contributed by atoms with Gasteiger partial charge in [0.25, 0.3) is 0 Å². The fourth-order valence-corrected chi connectivity index (χ4v) is 1.48. The largest absolute Gasteiger partial charge is 0.497 e. The second-order valence-electron chi connectivity index (χ2n) is 4.84. The van der Waals surface area contributed by atoms with Crippen molar-refractivity contribution in [1.82, 2.24) is 0 Å². The molecule has 0 atom stereocenters. The lowest BCUT2D eigenvalue weighted by Crippen LogP contribution is -2.25. The highest BCUT2D eigenvalue weighted by atomic mass is 16.5. The molecule has 1 aromatic carbocycles. The van der Waals surface area contributed by atoms with Crippen LogP contribution in [0.5, 0.6) is 11.5 Å². The topological polar surface area (TPSA) is 77.6 Å². The van der Waals surface area contributed by atoms with Crippen LogP contribution in [-0.2, 0) is 4.74 Å². The highest BCUT2D eigenvalue weighted by Crippen LogP contribution is 2.25. The summed E-state index contributed by atoms with van der Waals surface area (Å²) in [6.45, 7) is 4.47. The highest BCUT2D eigenvalue weighted by molar-refractivity contribution is 5.97. The first-order valence-electron chi connectivity index (χ1n) is 6.10. The Morgan fingerprint density at radius 1 is 1.32 bits per heavy atom. The van der Waals surface area contributed by atoms with Gasteiger partial charge in [0.15, 0.2) is 0 Å². The van der Waals surface area contributed by atoms with E-state index in [1.165, 1.54) is 0 Å². The molecular weight excluding hydrogens is 244 g/mol. The zero-order valence-corrected chi connectivity index (χ0v) is 11.9. The van der Waals surface area contributed by atoms with Crippen LogP contribution in [0.3, 0.4) is 0 Å². The summed E-state index contributed by atoms with van der Waals surface area (Å²) in [7, 11) is 3.26. The third-order valence-electron chi connectivity index (χ3n) is 2.99. The van der Waals surface area contributed by atoms with Crippen LogP contribution in [0.1, 0.15) is 25.8 Å². The molecule has 0 saturated heterocycles. The SMILES string of the molecule is COc1ccc(C(=N)N)c(OCCC(C)(C)OC)c1. The minimum absolute atomic E-state index is 0.0244. The van der Waals surface area contributed by atoms with Crippen molar-refractivity contribution < 1.29 is 14.2 Å². The van der Waals surface area contributed by atoms with Gasteiger partial charge in [-0.2, -0.15) is 0 Å². The molecule has 3 N–H and O–H groups in total. The van der Waals surface area contributed by atoms with Gasteiger partial charge in [0.2, 0.25) is 0 Å². The van der Waals surface area contributed by atoms with E-state index in [0.717, 1.165) is 6.42 Å². The van der Waals surface area contributed by atoms with E-state index in [9.17, 15) is 0 Å². The molecule has 0 heterocycles. The molecule has 0 unspecified atom stereocenters. The maximum atomic E-state index is 7.53. The Hall–Kier alpha value is -1.75. The summed E-state index contributed by atoms with van der Waals surface area (Å²) < 4.78 is 16.2. The molecule has 5 nitrogen and oxygen atoms in total. The second-order valence-corrected chi connectivity index (χ2v) is 4.84. The summed E-state index contributed by atoms with van der Waals surface area (Å²) in [5.74, 6) is 1.20. The summed E-state index contributed by atoms with van der Waals surface area (Å²) in [6, 6.07) is 5.21. The summed E-state index contributed by atoms with van der Waals surface area (Å²) >= 11 is 0. The molecule has 1 rings (SSSR count). The quantitative estimate of drug-likeness (QED) is 0.585. The minimum atomic E-state index is -0.241. The Kier molecular flexibility index (Phi) is 5.18. The van der Waals surface area contributed by atoms with E-state index in [1.54, 1.807) is 32.4 Å². The number of nitrogen functional groups attached to an aromatic ring is 1. The van der Waals surface area contributed by atoms with Crippen molar-refractivity contribution in [2.45, 2.75) is 25.9 Å². The maximum absolute atomic E-state index is 7.53. The van der Waals surface area contributed by atoms with Crippen molar-refractivity contribution in [3.05, 3.63) is 23.8 Å². The summed E-state index contributed by atoms with van der Waals surface area (Å²) in [4.78, 5) is 0. The average molecular weight is 266 g/mol. The van der Waals surface area contributed by atoms with E-state index in [1.807, 2.05) is 13.8 Å². The number of methoxy groups -OCH3 is 2. The van der Waals surface area contributed by atoms with Crippen molar-refractivity contribution >= 4 is 5.84 Å². The molecule has 19 heavy (non-hydrogen) atoms. The number of amidine groups is 1. The van der Waals surface area contributed by atoms with Crippen molar-refractivity contribution in [3.8, 4) is 11.5 Å². The van der Waals surface area contributed by atoms with E-state index in [0.29, 0.717) is 23.7 Å². The smallest absolute Gasteiger partial charge is 0.133 e. The van der Waals surface area contributed by atoms with Crippen LogP contribution in [-0.4, -0.2) is 32.3 Å². The molecule has 0 amide bonds. The zero-order chi connectivity index (χ0) is 14.5. The molecule has 5 heteroatoms. The first kappa shape index (κ1) is 15.3. The minimum Gasteiger partial charge on any atom is -0.497 e. The van der Waals surface area contributed by atoms with Gasteiger partial charge in [-0.1, -0.05) is 0 Å². The van der Waals surface area contributed by atoms with Crippen LogP contribution in [0.2, 0.25) is 0 Å². The first-order valence-corrected chi connectivity index (χ1v) is 6.10. The van der Waals surface area contributed by atoms with Crippen molar-refractivity contribution in [3.63, 3.8) is 0 Å². The highest BCUT2D eigenvalue weighted by Gasteiger charge is 2.17. The van der Waals surface area contributed by atoms with Gasteiger partial charge in [-0.05, 0) is 26.0 Å². The van der Waals surface area contributed by atoms with Crippen LogP contribution in [0.4, 0.5) is 0 Å². The molecule has 1 aromatic rings. The molecule has 0 saturated carbocycles. The molecular formula is C14H22N2O3. The van der Waals surface area contributed by atoms with Crippen LogP contribution in [0.25, 0.3) is 0 Å². The summed E-state index contributed by atoms with van der Waals surface area (Å²) in [6.07, 6.45) is 0.734. The van der Waals surface area contributed by atoms with Crippen molar-refractivity contribution in [1.29, 1.82) is 5.41 Å². The van der Waals surface area contributed by atoms with Crippen LogP contribution in [0.15, 0.2) is 18.2 Å². The third-order valence-corrected chi connectivity index (χ3v) is 2.99. The molecule has 0 aliphatic rings. The molecule has 0 bridgehead atoms. The van der Waals surface area contributed by atoms with Gasteiger partial charge in [-0.15, -0.1) is 0 Å². The Morgan fingerprint density at radius 3 is 2.53 bits per heavy atom. The number of hydrogen-bond acceptors (Lipinski definition) is 4. The van der Waals surface area contributed by atoms with Gasteiger partial charge in [0.1, 0.15) is 17.3 Å². The molecule has 0 aliphatic heterocycles. The Bertz CT molecular complexity index is 444. The first-order chi connectivity index (χ1) is 8.89. The zero-order valence-electron chi connectivity index (χ0n) is 11.9. The Balaban J connectivity index is 2.78. The van der Waals surface area contributed by atoms with Gasteiger partial charge in [0, 0.05) is 19.6 Å². The van der Waals surface area contributed by atoms with E-state index in [2.05, 4.69) is 0 Å². The van der Waals surface area contributed by atoms with Crippen LogP contribution >= 0.6 is 0 Å². The van der Waals surface area contributed by atoms with Crippen LogP contribution < -0.4 is 15.2 Å². The van der Waals surface area contributed by atoms with E-state index in [-0.39, 0.29) is 11.4 Å². The van der Waals surface area contributed by atoms with Crippen molar-refractivity contribution in [2.24, 2.45) is 5.73 Å². The van der Waals surface area contributed by atoms with Gasteiger partial charge < -0.3 is 19.9 Å². The number of rotatable bonds is 7. The summed E-state index contributed by atoms with van der Waals surface area (Å²) in [5, 5.41) is 7.53. The summed E-state index contributed by atoms with van der Waals surface area (Å²) in [5.41, 5.74) is 5.85. The number of ether oxygens (including phenoxy) is 3. The van der Waals surface area contributed by atoms with Crippen LogP contribution in [0, 0.1) is 5.41 Å². The van der Waals surface area contributed by atoms with E-state index >= 15 is 0 Å². The normalized spacial score (nSPS) is 11.2. The second kappa shape index (κ2) is 6.43. The molecule has 106 valence electrons. The van der Waals surface area contributed by atoms with Gasteiger partial charge in [-0.25, -0.2) is 0 Å². The predicted molar refractivity (Wildman–Crippen MR) is 75.2 cm³/mol. The fourth-order valence-electron chi connectivity index (χ4n) is 1.48. The van der Waals surface area contributed by atoms with E-state index in [4.69, 9.17) is 25.4 Å². The number of nitrogens with two attached hydrogens (primary N) is 1. The lowest BCUT2D eigenvalue weighted by Gasteiger charge is -2.23. The fraction of sp³-hybridized carbons (Fsp3) is 0.500. The molecule has 0 aromatic heterocycles. The number of hydrogen-bond donors (Lipinski definition) is 2. The predicted octanol–water partition coefficient (Wildman–Crippen LogP) is 2.17. The standard InChI is InChI=1S/C14H22N2O3/c1-14(2,18-4)7-8-19-12-9-10(17-3)5-6-11(12)13(15)16/h5-6,9H,7-8H2,1-4H3,(H3,15,16). The van der Waals surface area contributed by atoms with Gasteiger partial charge in [-0.3, -0.25) is 5.41 Å². The molecule has 0 radical (unpaired) electrons. The monoisotopic (exact) mass is 266 g/mol. The number of benzene rings is 1. The van der Waals surface area contributed by atoms with Gasteiger partial charge in [0.05, 0.1) is 24.9 Å². The number of nitrogens with one attached hydrogen (secondary N) is 1. The van der Waals surface area contributed by atoms with Gasteiger partial charge >= 0.3 is 0 Å². The maximum Gasteiger partial charge on any atom is 0.133 e. The third kappa shape index (κ3) is 4.44.